The van der Waals surface area contributed by atoms with Crippen molar-refractivity contribution in [3.63, 3.8) is 0 Å². The van der Waals surface area contributed by atoms with E-state index in [4.69, 9.17) is 19.4 Å². The maximum Gasteiger partial charge on any atom is 0.321 e. The van der Waals surface area contributed by atoms with Crippen LogP contribution in [-0.2, 0) is 20.9 Å². The smallest absolute Gasteiger partial charge is 0.321 e. The zero-order valence-corrected chi connectivity index (χ0v) is 13.3. The molecule has 0 saturated carbocycles. The number of carboxylic acid groups (broad SMARTS) is 1. The predicted molar refractivity (Wildman–Crippen MR) is 79.7 cm³/mol. The summed E-state index contributed by atoms with van der Waals surface area (Å²) in [6.45, 7) is 3.44. The van der Waals surface area contributed by atoms with Gasteiger partial charge in [0.2, 0.25) is 0 Å². The fourth-order valence-corrected chi connectivity index (χ4v) is 1.43. The van der Waals surface area contributed by atoms with Crippen LogP contribution in [0.2, 0.25) is 0 Å². The summed E-state index contributed by atoms with van der Waals surface area (Å²) in [7, 11) is 1.62. The van der Waals surface area contributed by atoms with Crippen LogP contribution in [0.25, 0.3) is 0 Å². The lowest BCUT2D eigenvalue weighted by molar-refractivity contribution is -0.134. The van der Waals surface area contributed by atoms with Gasteiger partial charge in [0.05, 0.1) is 11.0 Å². The van der Waals surface area contributed by atoms with Gasteiger partial charge < -0.3 is 14.6 Å². The van der Waals surface area contributed by atoms with Crippen LogP contribution >= 0.6 is 22.6 Å². The largest absolute Gasteiger partial charge is 0.481 e. The second kappa shape index (κ2) is 9.74. The van der Waals surface area contributed by atoms with Crippen molar-refractivity contribution in [3.05, 3.63) is 29.3 Å². The highest BCUT2D eigenvalue weighted by Crippen LogP contribution is 2.24. The van der Waals surface area contributed by atoms with Gasteiger partial charge in [0.1, 0.15) is 5.75 Å². The first kappa shape index (κ1) is 17.8. The molecule has 0 radical (unpaired) electrons. The van der Waals surface area contributed by atoms with Crippen molar-refractivity contribution in [2.45, 2.75) is 20.5 Å². The molecule has 0 bridgehead atoms. The Labute approximate surface area is 126 Å². The number of rotatable bonds is 4. The molecule has 6 heteroatoms. The van der Waals surface area contributed by atoms with Crippen LogP contribution in [0.15, 0.2) is 18.2 Å². The number of aliphatic carboxylic acids is 1. The Morgan fingerprint density at radius 2 is 1.95 bits per heavy atom. The average Bonchev–Trinajstić information content (AvgIpc) is 2.33. The SMILES string of the molecule is CC(=O)O.COCc1cccc(C)c1OC(=O)CI. The summed E-state index contributed by atoms with van der Waals surface area (Å²) >= 11 is 1.98. The van der Waals surface area contributed by atoms with Crippen molar-refractivity contribution in [2.75, 3.05) is 11.5 Å². The molecule has 0 unspecified atom stereocenters. The molecule has 1 aromatic carbocycles. The number of carbonyl (C=O) groups excluding carboxylic acids is 1. The number of para-hydroxylation sites is 1. The topological polar surface area (TPSA) is 72.8 Å². The molecular weight excluding hydrogens is 363 g/mol. The fourth-order valence-electron chi connectivity index (χ4n) is 1.27. The van der Waals surface area contributed by atoms with E-state index in [2.05, 4.69) is 0 Å². The molecule has 106 valence electrons. The first-order chi connectivity index (χ1) is 8.92. The fraction of sp³-hybridized carbons (Fsp3) is 0.385. The molecule has 1 N–H and O–H groups in total. The normalized spacial score (nSPS) is 9.26. The number of methoxy groups -OCH3 is 1. The molecule has 0 atom stereocenters. The van der Waals surface area contributed by atoms with Crippen molar-refractivity contribution >= 4 is 34.5 Å². The minimum atomic E-state index is -0.833. The van der Waals surface area contributed by atoms with Crippen molar-refractivity contribution in [1.29, 1.82) is 0 Å². The quantitative estimate of drug-likeness (QED) is 0.376. The summed E-state index contributed by atoms with van der Waals surface area (Å²) in [5.74, 6) is -0.441. The van der Waals surface area contributed by atoms with Gasteiger partial charge in [0.25, 0.3) is 5.97 Å². The molecule has 1 aromatic rings. The monoisotopic (exact) mass is 380 g/mol. The molecule has 0 aliphatic heterocycles. The minimum absolute atomic E-state index is 0.234. The van der Waals surface area contributed by atoms with Gasteiger partial charge in [-0.15, -0.1) is 0 Å². The number of ether oxygens (including phenoxy) is 2. The first-order valence-electron chi connectivity index (χ1n) is 5.46. The summed E-state index contributed by atoms with van der Waals surface area (Å²) in [6, 6.07) is 5.73. The Kier molecular flexibility index (Phi) is 9.15. The Morgan fingerprint density at radius 3 is 2.42 bits per heavy atom. The lowest BCUT2D eigenvalue weighted by Crippen LogP contribution is -2.11. The lowest BCUT2D eigenvalue weighted by atomic mass is 10.1. The third-order valence-corrected chi connectivity index (χ3v) is 2.54. The molecule has 5 nitrogen and oxygen atoms in total. The number of hydrogen-bond acceptors (Lipinski definition) is 4. The molecule has 0 aliphatic carbocycles. The summed E-state index contributed by atoms with van der Waals surface area (Å²) < 4.78 is 10.6. The van der Waals surface area contributed by atoms with Gasteiger partial charge in [-0.3, -0.25) is 9.59 Å². The number of benzene rings is 1. The predicted octanol–water partition coefficient (Wildman–Crippen LogP) is 2.57. The van der Waals surface area contributed by atoms with E-state index in [1.807, 2.05) is 47.7 Å². The molecular formula is C13H17IO5. The van der Waals surface area contributed by atoms with Crippen LogP contribution in [0.1, 0.15) is 18.1 Å². The van der Waals surface area contributed by atoms with Gasteiger partial charge >= 0.3 is 5.97 Å². The minimum Gasteiger partial charge on any atom is -0.481 e. The maximum atomic E-state index is 11.2. The Bertz CT molecular complexity index is 427. The average molecular weight is 380 g/mol. The Morgan fingerprint density at radius 1 is 1.37 bits per heavy atom. The number of aryl methyl sites for hydroxylation is 1. The van der Waals surface area contributed by atoms with Crippen LogP contribution in [0, 0.1) is 6.92 Å². The molecule has 19 heavy (non-hydrogen) atoms. The van der Waals surface area contributed by atoms with E-state index in [1.165, 1.54) is 0 Å². The zero-order chi connectivity index (χ0) is 14.8. The lowest BCUT2D eigenvalue weighted by Gasteiger charge is -2.11. The van der Waals surface area contributed by atoms with Gasteiger partial charge in [-0.2, -0.15) is 0 Å². The van der Waals surface area contributed by atoms with Crippen molar-refractivity contribution in [1.82, 2.24) is 0 Å². The van der Waals surface area contributed by atoms with E-state index >= 15 is 0 Å². The molecule has 0 spiro atoms. The van der Waals surface area contributed by atoms with Gasteiger partial charge in [-0.25, -0.2) is 0 Å². The van der Waals surface area contributed by atoms with E-state index in [1.54, 1.807) is 7.11 Å². The van der Waals surface area contributed by atoms with Crippen LogP contribution < -0.4 is 4.74 Å². The van der Waals surface area contributed by atoms with E-state index in [9.17, 15) is 4.79 Å². The number of carboxylic acids is 1. The molecule has 0 aliphatic rings. The molecule has 0 saturated heterocycles. The van der Waals surface area contributed by atoms with Crippen LogP contribution in [-0.4, -0.2) is 28.6 Å². The molecule has 0 aromatic heterocycles. The second-order valence-electron chi connectivity index (χ2n) is 3.62. The standard InChI is InChI=1S/C11H13IO3.C2H4O2/c1-8-4-3-5-9(7-14-2)11(8)15-10(13)6-12;1-2(3)4/h3-5H,6-7H2,1-2H3;1H3,(H,3,4). The zero-order valence-electron chi connectivity index (χ0n) is 11.1. The Hall–Kier alpha value is -1.15. The summed E-state index contributed by atoms with van der Waals surface area (Å²) in [6.07, 6.45) is 0. The number of esters is 1. The van der Waals surface area contributed by atoms with Gasteiger partial charge in [0.15, 0.2) is 0 Å². The third-order valence-electron chi connectivity index (χ3n) is 1.92. The molecule has 0 heterocycles. The van der Waals surface area contributed by atoms with Crippen LogP contribution in [0.5, 0.6) is 5.75 Å². The summed E-state index contributed by atoms with van der Waals surface area (Å²) in [5, 5.41) is 7.42. The third kappa shape index (κ3) is 7.78. The number of hydrogen-bond donors (Lipinski definition) is 1. The van der Waals surface area contributed by atoms with Crippen molar-refractivity contribution in [3.8, 4) is 5.75 Å². The van der Waals surface area contributed by atoms with Gasteiger partial charge in [-0.1, -0.05) is 40.8 Å². The highest BCUT2D eigenvalue weighted by molar-refractivity contribution is 14.1. The molecule has 0 amide bonds. The highest BCUT2D eigenvalue weighted by atomic mass is 127. The number of carbonyl (C=O) groups is 2. The first-order valence-corrected chi connectivity index (χ1v) is 6.98. The van der Waals surface area contributed by atoms with Gasteiger partial charge in [0, 0.05) is 19.6 Å². The summed E-state index contributed by atoms with van der Waals surface area (Å²) in [5.41, 5.74) is 1.85. The van der Waals surface area contributed by atoms with Crippen molar-refractivity contribution in [2.24, 2.45) is 0 Å². The Balaban J connectivity index is 0.000000711. The van der Waals surface area contributed by atoms with E-state index in [0.717, 1.165) is 18.1 Å². The van der Waals surface area contributed by atoms with E-state index in [0.29, 0.717) is 16.8 Å². The molecule has 0 fully saturated rings. The second-order valence-corrected chi connectivity index (χ2v) is 4.39. The summed E-state index contributed by atoms with van der Waals surface area (Å²) in [4.78, 5) is 20.2. The number of halogens is 1. The van der Waals surface area contributed by atoms with Crippen molar-refractivity contribution < 1.29 is 24.2 Å². The maximum absolute atomic E-state index is 11.2. The van der Waals surface area contributed by atoms with Crippen LogP contribution in [0.4, 0.5) is 0 Å². The van der Waals surface area contributed by atoms with Crippen LogP contribution in [0.3, 0.4) is 0 Å². The molecule has 1 rings (SSSR count). The van der Waals surface area contributed by atoms with E-state index in [-0.39, 0.29) is 5.97 Å². The number of alkyl halides is 1. The highest BCUT2D eigenvalue weighted by Gasteiger charge is 2.10. The van der Waals surface area contributed by atoms with E-state index < -0.39 is 5.97 Å². The van der Waals surface area contributed by atoms with Gasteiger partial charge in [-0.05, 0) is 12.5 Å².